The Kier molecular flexibility index (Phi) is 16.4. The smallest absolute Gasteiger partial charge is 0.347 e. The van der Waals surface area contributed by atoms with Gasteiger partial charge in [0, 0.05) is 76.7 Å². The predicted molar refractivity (Wildman–Crippen MR) is 232 cm³/mol. The number of hydrogen-bond donors (Lipinski definition) is 3. The van der Waals surface area contributed by atoms with Gasteiger partial charge in [0.15, 0.2) is 5.82 Å². The van der Waals surface area contributed by atoms with E-state index in [-0.39, 0.29) is 40.5 Å². The lowest BCUT2D eigenvalue weighted by Gasteiger charge is -2.19. The summed E-state index contributed by atoms with van der Waals surface area (Å²) in [5.74, 6) is -1.57. The Morgan fingerprint density at radius 1 is 0.721 bits per heavy atom. The first-order chi connectivity index (χ1) is 29.0. The van der Waals surface area contributed by atoms with E-state index in [9.17, 15) is 23.2 Å². The summed E-state index contributed by atoms with van der Waals surface area (Å²) in [5.41, 5.74) is 14.3. The third kappa shape index (κ3) is 12.8. The molecule has 0 spiro atoms. The van der Waals surface area contributed by atoms with Gasteiger partial charge in [-0.15, -0.1) is 0 Å². The highest BCUT2D eigenvalue weighted by molar-refractivity contribution is 6.12. The predicted octanol–water partition coefficient (Wildman–Crippen LogP) is 5.53. The number of nitrogens with zero attached hydrogens (tertiary/aromatic N) is 9. The number of ether oxygens (including phenoxy) is 2. The number of nitrogens with one attached hydrogen (secondary N) is 1. The van der Waals surface area contributed by atoms with Crippen molar-refractivity contribution < 1.29 is 32.6 Å². The van der Waals surface area contributed by atoms with Crippen LogP contribution in [0.25, 0.3) is 44.3 Å². The van der Waals surface area contributed by atoms with Crippen molar-refractivity contribution >= 4 is 64.0 Å². The van der Waals surface area contributed by atoms with E-state index in [4.69, 9.17) is 20.9 Å². The molecule has 17 nitrogen and oxygen atoms in total. The van der Waals surface area contributed by atoms with Crippen molar-refractivity contribution in [2.24, 2.45) is 15.7 Å². The number of aliphatic imine (C=N–C) groups is 2. The molecule has 0 saturated carbocycles. The number of anilines is 2. The molecule has 0 atom stereocenters. The molecule has 0 aliphatic carbocycles. The summed E-state index contributed by atoms with van der Waals surface area (Å²) in [6.07, 6.45) is 5.16. The van der Waals surface area contributed by atoms with Gasteiger partial charge in [-0.2, -0.15) is 9.98 Å². The van der Waals surface area contributed by atoms with Gasteiger partial charge < -0.3 is 30.7 Å². The summed E-state index contributed by atoms with van der Waals surface area (Å²) in [6, 6.07) is 18.1. The second-order valence-corrected chi connectivity index (χ2v) is 13.5. The first-order valence-corrected chi connectivity index (χ1v) is 18.2. The highest BCUT2D eigenvalue weighted by atomic mass is 19.1. The molecule has 2 aromatic carbocycles. The van der Waals surface area contributed by atoms with E-state index >= 15 is 0 Å². The van der Waals surface area contributed by atoms with E-state index in [0.717, 1.165) is 0 Å². The van der Waals surface area contributed by atoms with Gasteiger partial charge >= 0.3 is 6.03 Å². The van der Waals surface area contributed by atoms with Crippen LogP contribution < -0.4 is 16.8 Å². The minimum atomic E-state index is -0.657. The maximum Gasteiger partial charge on any atom is 0.347 e. The summed E-state index contributed by atoms with van der Waals surface area (Å²) in [7, 11) is 13.9. The van der Waals surface area contributed by atoms with E-state index < -0.39 is 23.7 Å². The molecule has 318 valence electrons. The lowest BCUT2D eigenvalue weighted by Crippen LogP contribution is -2.30. The number of methoxy groups -OCH3 is 2. The van der Waals surface area contributed by atoms with Crippen molar-refractivity contribution in [3.63, 3.8) is 0 Å². The molecule has 0 fully saturated rings. The number of nitrogens with two attached hydrogens (primary N) is 2. The second kappa shape index (κ2) is 21.6. The molecule has 0 aliphatic heterocycles. The number of halogens is 2. The number of carbonyl (C=O) groups is 3. The van der Waals surface area contributed by atoms with Crippen LogP contribution in [0, 0.1) is 11.6 Å². The Hall–Kier alpha value is -7.35. The van der Waals surface area contributed by atoms with Crippen molar-refractivity contribution in [3.05, 3.63) is 108 Å². The summed E-state index contributed by atoms with van der Waals surface area (Å²) < 4.78 is 36.7. The first-order valence-electron chi connectivity index (χ1n) is 18.2. The van der Waals surface area contributed by atoms with Crippen molar-refractivity contribution in [1.82, 2.24) is 34.6 Å². The molecule has 4 heterocycles. The largest absolute Gasteiger partial charge is 0.382 e. The fourth-order valence-corrected chi connectivity index (χ4v) is 5.39. The average molecular weight is 837 g/mol. The highest BCUT2D eigenvalue weighted by Gasteiger charge is 2.17. The summed E-state index contributed by atoms with van der Waals surface area (Å²) in [5, 5.41) is 3.54. The highest BCUT2D eigenvalue weighted by Crippen LogP contribution is 2.29. The molecule has 0 unspecified atom stereocenters. The van der Waals surface area contributed by atoms with Crippen molar-refractivity contribution in [3.8, 4) is 22.5 Å². The van der Waals surface area contributed by atoms with Crippen LogP contribution in [0.4, 0.5) is 25.2 Å². The van der Waals surface area contributed by atoms with Crippen LogP contribution in [-0.4, -0.2) is 128 Å². The Balaban J connectivity index is 0.000000241. The number of urea groups is 1. The van der Waals surface area contributed by atoms with Gasteiger partial charge in [-0.3, -0.25) is 19.8 Å². The molecule has 0 bridgehead atoms. The average Bonchev–Trinajstić information content (AvgIpc) is 3.22. The van der Waals surface area contributed by atoms with Gasteiger partial charge in [-0.05, 0) is 62.6 Å². The lowest BCUT2D eigenvalue weighted by molar-refractivity contribution is -0.179. The monoisotopic (exact) mass is 836 g/mol. The minimum Gasteiger partial charge on any atom is -0.382 e. The standard InChI is InChI=1S/C22H22FN7O2.C15H11FN4O.C5H13NO2/c1-29(2)12-25-21(31)17-11-24-20(28-22(32)26-13-30(3)4)19-16(17)8-9-18(27-19)14-6-5-7-15(23)10-14;16-9-3-1-2-8(6-9)12-5-4-10-11(15(18)21)7-19-14(17)13(10)20-12;1-6(2)5(7-3)8-4/h5-13H,1-4H3,(H,24,28,32);1-7H,(H2,17,19)(H2,18,21);5H,1-4H3. The molecule has 19 heteroatoms. The third-order valence-corrected chi connectivity index (χ3v) is 8.09. The zero-order valence-electron chi connectivity index (χ0n) is 34.8. The van der Waals surface area contributed by atoms with E-state index in [1.165, 1.54) is 49.3 Å². The van der Waals surface area contributed by atoms with Gasteiger partial charge in [0.1, 0.15) is 28.5 Å². The third-order valence-electron chi connectivity index (χ3n) is 8.09. The van der Waals surface area contributed by atoms with E-state index in [2.05, 4.69) is 35.2 Å². The first kappa shape index (κ1) is 46.3. The van der Waals surface area contributed by atoms with Gasteiger partial charge in [0.05, 0.1) is 35.2 Å². The Morgan fingerprint density at radius 2 is 1.23 bits per heavy atom. The van der Waals surface area contributed by atoms with Crippen molar-refractivity contribution in [2.45, 2.75) is 6.41 Å². The van der Waals surface area contributed by atoms with Crippen LogP contribution in [-0.2, 0) is 9.47 Å². The second-order valence-electron chi connectivity index (χ2n) is 13.5. The van der Waals surface area contributed by atoms with Crippen LogP contribution >= 0.6 is 0 Å². The van der Waals surface area contributed by atoms with Crippen LogP contribution in [0.15, 0.2) is 95.2 Å². The number of benzene rings is 2. The molecule has 0 radical (unpaired) electrons. The van der Waals surface area contributed by atoms with Crippen LogP contribution in [0.5, 0.6) is 0 Å². The van der Waals surface area contributed by atoms with Crippen LogP contribution in [0.1, 0.15) is 20.7 Å². The molecule has 5 N–H and O–H groups in total. The number of primary amides is 1. The van der Waals surface area contributed by atoms with Crippen molar-refractivity contribution in [2.75, 3.05) is 67.6 Å². The minimum absolute atomic E-state index is 0.118. The normalized spacial score (nSPS) is 11.1. The number of nitrogen functional groups attached to an aromatic ring is 1. The number of carbonyl (C=O) groups excluding carboxylic acids is 3. The van der Waals surface area contributed by atoms with Crippen molar-refractivity contribution in [1.29, 1.82) is 0 Å². The number of pyridine rings is 4. The maximum absolute atomic E-state index is 13.7. The molecule has 61 heavy (non-hydrogen) atoms. The molecule has 4 aromatic heterocycles. The number of aromatic nitrogens is 4. The molecular weight excluding hydrogens is 791 g/mol. The number of hydrogen-bond acceptors (Lipinski definition) is 11. The van der Waals surface area contributed by atoms with Crippen LogP contribution in [0.2, 0.25) is 0 Å². The SMILES string of the molecule is CN(C)C=NC(=O)Nc1ncc(C(=O)N=CN(C)C)c2ccc(-c3cccc(F)c3)nc12.COC(OC)N(C)C.NC(=O)c1cnc(N)c2nc(-c3cccc(F)c3)ccc12. The topological polar surface area (TPSA) is 220 Å². The fourth-order valence-electron chi connectivity index (χ4n) is 5.39. The maximum atomic E-state index is 13.7. The molecule has 0 saturated heterocycles. The van der Waals surface area contributed by atoms with Gasteiger partial charge in [0.25, 0.3) is 11.8 Å². The van der Waals surface area contributed by atoms with E-state index in [0.29, 0.717) is 38.8 Å². The zero-order valence-corrected chi connectivity index (χ0v) is 34.8. The quantitative estimate of drug-likeness (QED) is 0.0879. The Labute approximate surface area is 350 Å². The summed E-state index contributed by atoms with van der Waals surface area (Å²) in [4.78, 5) is 66.0. The number of rotatable bonds is 10. The molecule has 4 amide bonds. The Morgan fingerprint density at radius 3 is 1.70 bits per heavy atom. The van der Waals surface area contributed by atoms with Gasteiger partial charge in [0.2, 0.25) is 6.41 Å². The summed E-state index contributed by atoms with van der Waals surface area (Å²) in [6.45, 7) is 0. The van der Waals surface area contributed by atoms with Crippen LogP contribution in [0.3, 0.4) is 0 Å². The Bertz CT molecular complexity index is 2570. The number of amides is 4. The van der Waals surface area contributed by atoms with Gasteiger partial charge in [-0.25, -0.2) is 33.5 Å². The molecular formula is C42H46F2N12O5. The van der Waals surface area contributed by atoms with Gasteiger partial charge in [-0.1, -0.05) is 24.3 Å². The molecule has 6 aromatic rings. The molecule has 0 aliphatic rings. The summed E-state index contributed by atoms with van der Waals surface area (Å²) >= 11 is 0. The fraction of sp³-hybridized carbons (Fsp3) is 0.214. The number of fused-ring (bicyclic) bond motifs is 2. The zero-order chi connectivity index (χ0) is 44.8. The van der Waals surface area contributed by atoms with E-state index in [1.54, 1.807) is 101 Å². The van der Waals surface area contributed by atoms with E-state index in [1.807, 2.05) is 19.0 Å². The lowest BCUT2D eigenvalue weighted by atomic mass is 10.1. The molecule has 6 rings (SSSR count).